The van der Waals surface area contributed by atoms with Crippen LogP contribution >= 0.6 is 0 Å². The number of nitrogens with zero attached hydrogens (tertiary/aromatic N) is 3. The minimum atomic E-state index is -0.407. The Morgan fingerprint density at radius 3 is 2.47 bits per heavy atom. The average molecular weight is 261 g/mol. The number of aliphatic hydroxyl groups excluding tert-OH is 1. The fraction of sp³-hybridized carbons (Fsp3) is 0.429. The monoisotopic (exact) mass is 261 g/mol. The first kappa shape index (κ1) is 13.5. The number of hydrogen-bond acceptors (Lipinski definition) is 4. The number of rotatable bonds is 5. The topological polar surface area (TPSA) is 60.2 Å². The minimum Gasteiger partial charge on any atom is -0.486 e. The molecule has 1 heterocycles. The molecule has 0 saturated carbocycles. The lowest BCUT2D eigenvalue weighted by Crippen LogP contribution is -2.04. The molecule has 0 aliphatic heterocycles. The molecular formula is C14H19N3O2. The Hall–Kier alpha value is -1.88. The fourth-order valence-electron chi connectivity index (χ4n) is 1.75. The van der Waals surface area contributed by atoms with E-state index >= 15 is 0 Å². The zero-order valence-corrected chi connectivity index (χ0v) is 11.5. The van der Waals surface area contributed by atoms with Crippen LogP contribution in [0, 0.1) is 6.92 Å². The maximum Gasteiger partial charge on any atom is 0.170 e. The van der Waals surface area contributed by atoms with E-state index in [4.69, 9.17) is 4.74 Å². The second-order valence-corrected chi connectivity index (χ2v) is 4.50. The predicted octanol–water partition coefficient (Wildman–Crippen LogP) is 2.15. The molecule has 0 spiro atoms. The molecule has 102 valence electrons. The SMILES string of the molecule is CCC(O)c1ccc(OCc2nnc(C)n2C)cc1. The van der Waals surface area contributed by atoms with Gasteiger partial charge < -0.3 is 14.4 Å². The van der Waals surface area contributed by atoms with Gasteiger partial charge in [0.15, 0.2) is 5.82 Å². The summed E-state index contributed by atoms with van der Waals surface area (Å²) in [5, 5.41) is 17.7. The van der Waals surface area contributed by atoms with Crippen LogP contribution in [0.5, 0.6) is 5.75 Å². The molecule has 0 aliphatic carbocycles. The molecule has 5 nitrogen and oxygen atoms in total. The van der Waals surface area contributed by atoms with Crippen molar-refractivity contribution in [1.29, 1.82) is 0 Å². The van der Waals surface area contributed by atoms with E-state index in [2.05, 4.69) is 10.2 Å². The van der Waals surface area contributed by atoms with Gasteiger partial charge >= 0.3 is 0 Å². The standard InChI is InChI=1S/C14H19N3O2/c1-4-13(18)11-5-7-12(8-6-11)19-9-14-16-15-10(2)17(14)3/h5-8,13,18H,4,9H2,1-3H3. The molecule has 0 fully saturated rings. The van der Waals surface area contributed by atoms with Crippen LogP contribution in [0.15, 0.2) is 24.3 Å². The smallest absolute Gasteiger partial charge is 0.170 e. The van der Waals surface area contributed by atoms with Crippen molar-refractivity contribution in [3.63, 3.8) is 0 Å². The Balaban J connectivity index is 1.98. The second-order valence-electron chi connectivity index (χ2n) is 4.50. The van der Waals surface area contributed by atoms with Crippen molar-refractivity contribution in [2.75, 3.05) is 0 Å². The summed E-state index contributed by atoms with van der Waals surface area (Å²) >= 11 is 0. The van der Waals surface area contributed by atoms with Gasteiger partial charge in [0.2, 0.25) is 0 Å². The molecule has 1 N–H and O–H groups in total. The van der Waals surface area contributed by atoms with Gasteiger partial charge in [0.05, 0.1) is 6.10 Å². The van der Waals surface area contributed by atoms with Crippen LogP contribution in [0.1, 0.15) is 36.7 Å². The number of aliphatic hydroxyl groups is 1. The Labute approximate surface area is 112 Å². The lowest BCUT2D eigenvalue weighted by atomic mass is 10.1. The summed E-state index contributed by atoms with van der Waals surface area (Å²) in [6, 6.07) is 7.48. The van der Waals surface area contributed by atoms with E-state index in [1.807, 2.05) is 49.7 Å². The highest BCUT2D eigenvalue weighted by Gasteiger charge is 2.07. The average Bonchev–Trinajstić information content (AvgIpc) is 2.76. The molecule has 0 radical (unpaired) electrons. The van der Waals surface area contributed by atoms with E-state index in [1.165, 1.54) is 0 Å². The molecule has 1 atom stereocenters. The number of hydrogen-bond donors (Lipinski definition) is 1. The zero-order valence-electron chi connectivity index (χ0n) is 11.5. The molecule has 0 amide bonds. The molecule has 1 aromatic carbocycles. The Kier molecular flexibility index (Phi) is 4.16. The molecule has 0 saturated heterocycles. The maximum absolute atomic E-state index is 9.70. The lowest BCUT2D eigenvalue weighted by molar-refractivity contribution is 0.173. The van der Waals surface area contributed by atoms with Gasteiger partial charge in [0.25, 0.3) is 0 Å². The van der Waals surface area contributed by atoms with Gasteiger partial charge in [0, 0.05) is 7.05 Å². The quantitative estimate of drug-likeness (QED) is 0.896. The second kappa shape index (κ2) is 5.84. The number of aromatic nitrogens is 3. The van der Waals surface area contributed by atoms with Crippen molar-refractivity contribution in [3.8, 4) is 5.75 Å². The van der Waals surface area contributed by atoms with Gasteiger partial charge in [-0.25, -0.2) is 0 Å². The van der Waals surface area contributed by atoms with Crippen LogP contribution < -0.4 is 4.74 Å². The van der Waals surface area contributed by atoms with Crippen LogP contribution in [0.3, 0.4) is 0 Å². The molecule has 1 aromatic heterocycles. The third kappa shape index (κ3) is 3.12. The summed E-state index contributed by atoms with van der Waals surface area (Å²) in [5.74, 6) is 2.41. The van der Waals surface area contributed by atoms with Crippen LogP contribution in [0.4, 0.5) is 0 Å². The molecule has 2 aromatic rings. The lowest BCUT2D eigenvalue weighted by Gasteiger charge is -2.10. The summed E-state index contributed by atoms with van der Waals surface area (Å²) in [4.78, 5) is 0. The van der Waals surface area contributed by atoms with Crippen LogP contribution in [-0.2, 0) is 13.7 Å². The molecule has 19 heavy (non-hydrogen) atoms. The third-order valence-electron chi connectivity index (χ3n) is 3.20. The first-order chi connectivity index (χ1) is 9.11. The van der Waals surface area contributed by atoms with Crippen molar-refractivity contribution in [2.24, 2.45) is 7.05 Å². The predicted molar refractivity (Wildman–Crippen MR) is 71.8 cm³/mol. The number of aryl methyl sites for hydroxylation is 1. The summed E-state index contributed by atoms with van der Waals surface area (Å²) in [6.07, 6.45) is 0.300. The van der Waals surface area contributed by atoms with Crippen molar-refractivity contribution >= 4 is 0 Å². The van der Waals surface area contributed by atoms with Crippen LogP contribution in [-0.4, -0.2) is 19.9 Å². The molecule has 0 aliphatic rings. The Morgan fingerprint density at radius 2 is 1.95 bits per heavy atom. The molecule has 1 unspecified atom stereocenters. The molecular weight excluding hydrogens is 242 g/mol. The number of benzene rings is 1. The first-order valence-corrected chi connectivity index (χ1v) is 6.37. The summed E-state index contributed by atoms with van der Waals surface area (Å²) in [5.41, 5.74) is 0.907. The number of ether oxygens (including phenoxy) is 1. The maximum atomic E-state index is 9.70. The molecule has 0 bridgehead atoms. The van der Waals surface area contributed by atoms with Gasteiger partial charge in [-0.15, -0.1) is 10.2 Å². The third-order valence-corrected chi connectivity index (χ3v) is 3.20. The van der Waals surface area contributed by atoms with Gasteiger partial charge in [-0.2, -0.15) is 0 Å². The van der Waals surface area contributed by atoms with Crippen molar-refractivity contribution in [2.45, 2.75) is 33.0 Å². The molecule has 2 rings (SSSR count). The molecule has 5 heteroatoms. The summed E-state index contributed by atoms with van der Waals surface area (Å²) in [6.45, 7) is 4.23. The zero-order chi connectivity index (χ0) is 13.8. The largest absolute Gasteiger partial charge is 0.486 e. The van der Waals surface area contributed by atoms with Crippen molar-refractivity contribution in [1.82, 2.24) is 14.8 Å². The van der Waals surface area contributed by atoms with Gasteiger partial charge in [-0.05, 0) is 31.0 Å². The normalized spacial score (nSPS) is 12.4. The summed E-state index contributed by atoms with van der Waals surface area (Å²) < 4.78 is 7.55. The van der Waals surface area contributed by atoms with Crippen molar-refractivity contribution in [3.05, 3.63) is 41.5 Å². The van der Waals surface area contributed by atoms with E-state index < -0.39 is 6.10 Å². The van der Waals surface area contributed by atoms with Crippen LogP contribution in [0.25, 0.3) is 0 Å². The van der Waals surface area contributed by atoms with Crippen LogP contribution in [0.2, 0.25) is 0 Å². The van der Waals surface area contributed by atoms with E-state index in [0.717, 1.165) is 23.0 Å². The van der Waals surface area contributed by atoms with E-state index in [1.54, 1.807) is 0 Å². The van der Waals surface area contributed by atoms with E-state index in [9.17, 15) is 5.11 Å². The Bertz CT molecular complexity index is 534. The summed E-state index contributed by atoms with van der Waals surface area (Å²) in [7, 11) is 1.91. The fourth-order valence-corrected chi connectivity index (χ4v) is 1.75. The van der Waals surface area contributed by atoms with E-state index in [0.29, 0.717) is 13.0 Å². The highest BCUT2D eigenvalue weighted by molar-refractivity contribution is 5.28. The van der Waals surface area contributed by atoms with Crippen molar-refractivity contribution < 1.29 is 9.84 Å². The van der Waals surface area contributed by atoms with Gasteiger partial charge in [-0.1, -0.05) is 19.1 Å². The highest BCUT2D eigenvalue weighted by Crippen LogP contribution is 2.20. The van der Waals surface area contributed by atoms with E-state index in [-0.39, 0.29) is 0 Å². The Morgan fingerprint density at radius 1 is 1.26 bits per heavy atom. The minimum absolute atomic E-state index is 0.382. The van der Waals surface area contributed by atoms with Gasteiger partial charge in [-0.3, -0.25) is 0 Å². The first-order valence-electron chi connectivity index (χ1n) is 6.37. The highest BCUT2D eigenvalue weighted by atomic mass is 16.5. The van der Waals surface area contributed by atoms with Gasteiger partial charge in [0.1, 0.15) is 18.2 Å².